The van der Waals surface area contributed by atoms with Crippen LogP contribution in [-0.4, -0.2) is 4.57 Å². The third kappa shape index (κ3) is 1.76. The van der Waals surface area contributed by atoms with E-state index in [-0.39, 0.29) is 0 Å². The van der Waals surface area contributed by atoms with Crippen molar-refractivity contribution >= 4 is 10.9 Å². The van der Waals surface area contributed by atoms with Crippen LogP contribution in [0.3, 0.4) is 0 Å². The number of hydrogen-bond donors (Lipinski definition) is 1. The summed E-state index contributed by atoms with van der Waals surface area (Å²) in [6.07, 6.45) is 4.64. The normalized spacial score (nSPS) is 13.8. The van der Waals surface area contributed by atoms with Gasteiger partial charge in [0.05, 0.1) is 5.52 Å². The van der Waals surface area contributed by atoms with Crippen molar-refractivity contribution in [2.45, 2.75) is 25.9 Å². The molecule has 0 unspecified atom stereocenters. The van der Waals surface area contributed by atoms with Crippen LogP contribution in [-0.2, 0) is 19.5 Å². The van der Waals surface area contributed by atoms with Gasteiger partial charge in [-0.3, -0.25) is 0 Å². The first-order chi connectivity index (χ1) is 9.85. The van der Waals surface area contributed by atoms with Gasteiger partial charge in [0.2, 0.25) is 0 Å². The summed E-state index contributed by atoms with van der Waals surface area (Å²) in [6, 6.07) is 15.5. The SMILES string of the molecule is NCc1cccc(-c2cc3c4c(ccn4CCC3)c2)c1. The van der Waals surface area contributed by atoms with E-state index in [0.29, 0.717) is 6.54 Å². The van der Waals surface area contributed by atoms with E-state index in [4.69, 9.17) is 5.73 Å². The van der Waals surface area contributed by atoms with Gasteiger partial charge >= 0.3 is 0 Å². The molecule has 0 fully saturated rings. The van der Waals surface area contributed by atoms with Crippen LogP contribution in [0.1, 0.15) is 17.5 Å². The van der Waals surface area contributed by atoms with Crippen LogP contribution in [0.2, 0.25) is 0 Å². The van der Waals surface area contributed by atoms with Crippen LogP contribution in [0.15, 0.2) is 48.7 Å². The number of nitrogens with zero attached hydrogens (tertiary/aromatic N) is 1. The molecule has 2 aromatic carbocycles. The smallest absolute Gasteiger partial charge is 0.0513 e. The van der Waals surface area contributed by atoms with E-state index in [1.807, 2.05) is 0 Å². The molecule has 0 atom stereocenters. The van der Waals surface area contributed by atoms with Gasteiger partial charge in [-0.2, -0.15) is 0 Å². The minimum Gasteiger partial charge on any atom is -0.347 e. The number of nitrogens with two attached hydrogens (primary N) is 1. The van der Waals surface area contributed by atoms with Gasteiger partial charge in [-0.1, -0.05) is 18.2 Å². The largest absolute Gasteiger partial charge is 0.347 e. The minimum absolute atomic E-state index is 0.597. The third-order valence-corrected chi connectivity index (χ3v) is 4.28. The average molecular weight is 262 g/mol. The van der Waals surface area contributed by atoms with Crippen LogP contribution in [0, 0.1) is 0 Å². The Kier molecular flexibility index (Phi) is 2.64. The first kappa shape index (κ1) is 11.7. The lowest BCUT2D eigenvalue weighted by Crippen LogP contribution is -2.06. The van der Waals surface area contributed by atoms with Crippen molar-refractivity contribution in [3.63, 3.8) is 0 Å². The average Bonchev–Trinajstić information content (AvgIpc) is 2.92. The molecule has 0 amide bonds. The summed E-state index contributed by atoms with van der Waals surface area (Å²) in [5.41, 5.74) is 12.4. The fraction of sp³-hybridized carbons (Fsp3) is 0.222. The van der Waals surface area contributed by atoms with Crippen LogP contribution < -0.4 is 5.73 Å². The van der Waals surface area contributed by atoms with Gasteiger partial charge in [0.1, 0.15) is 0 Å². The maximum Gasteiger partial charge on any atom is 0.0513 e. The van der Waals surface area contributed by atoms with Gasteiger partial charge in [-0.25, -0.2) is 0 Å². The van der Waals surface area contributed by atoms with Crippen molar-refractivity contribution < 1.29 is 0 Å². The molecule has 0 spiro atoms. The van der Waals surface area contributed by atoms with Crippen LogP contribution in [0.5, 0.6) is 0 Å². The molecule has 2 heterocycles. The quantitative estimate of drug-likeness (QED) is 0.750. The van der Waals surface area contributed by atoms with Crippen molar-refractivity contribution in [3.05, 3.63) is 59.8 Å². The Bertz CT molecular complexity index is 783. The highest BCUT2D eigenvalue weighted by atomic mass is 15.0. The molecular formula is C18H18N2. The molecule has 2 N–H and O–H groups in total. The van der Waals surface area contributed by atoms with Gasteiger partial charge in [0.15, 0.2) is 0 Å². The molecule has 1 aliphatic heterocycles. The van der Waals surface area contributed by atoms with Gasteiger partial charge in [0, 0.05) is 24.7 Å². The predicted octanol–water partition coefficient (Wildman–Crippen LogP) is 3.71. The molecular weight excluding hydrogens is 244 g/mol. The highest BCUT2D eigenvalue weighted by Crippen LogP contribution is 2.32. The van der Waals surface area contributed by atoms with Crippen molar-refractivity contribution in [2.75, 3.05) is 0 Å². The van der Waals surface area contributed by atoms with Crippen LogP contribution in [0.4, 0.5) is 0 Å². The lowest BCUT2D eigenvalue weighted by molar-refractivity contribution is 0.636. The molecule has 0 bridgehead atoms. The fourth-order valence-corrected chi connectivity index (χ4v) is 3.30. The monoisotopic (exact) mass is 262 g/mol. The summed E-state index contributed by atoms with van der Waals surface area (Å²) < 4.78 is 2.38. The zero-order chi connectivity index (χ0) is 13.5. The lowest BCUT2D eigenvalue weighted by atomic mass is 9.96. The van der Waals surface area contributed by atoms with Crippen LogP contribution >= 0.6 is 0 Å². The second-order valence-electron chi connectivity index (χ2n) is 5.59. The second-order valence-corrected chi connectivity index (χ2v) is 5.59. The van der Waals surface area contributed by atoms with E-state index >= 15 is 0 Å². The summed E-state index contributed by atoms with van der Waals surface area (Å²) in [5.74, 6) is 0. The maximum absolute atomic E-state index is 5.75. The highest BCUT2D eigenvalue weighted by Gasteiger charge is 2.14. The van der Waals surface area contributed by atoms with Crippen molar-refractivity contribution in [2.24, 2.45) is 5.73 Å². The Balaban J connectivity index is 1.92. The number of hydrogen-bond acceptors (Lipinski definition) is 1. The maximum atomic E-state index is 5.75. The van der Waals surface area contributed by atoms with Gasteiger partial charge in [0.25, 0.3) is 0 Å². The Morgan fingerprint density at radius 2 is 2.00 bits per heavy atom. The second kappa shape index (κ2) is 4.50. The molecule has 2 nitrogen and oxygen atoms in total. The minimum atomic E-state index is 0.597. The zero-order valence-electron chi connectivity index (χ0n) is 11.5. The Labute approximate surface area is 118 Å². The molecule has 20 heavy (non-hydrogen) atoms. The lowest BCUT2D eigenvalue weighted by Gasteiger charge is -2.17. The molecule has 0 saturated heterocycles. The summed E-state index contributed by atoms with van der Waals surface area (Å²) in [6.45, 7) is 1.75. The molecule has 1 aliphatic rings. The molecule has 3 aromatic rings. The van der Waals surface area contributed by atoms with E-state index in [0.717, 1.165) is 6.54 Å². The van der Waals surface area contributed by atoms with E-state index in [2.05, 4.69) is 53.2 Å². The van der Waals surface area contributed by atoms with Crippen molar-refractivity contribution in [3.8, 4) is 11.1 Å². The van der Waals surface area contributed by atoms with Gasteiger partial charge < -0.3 is 10.3 Å². The summed E-state index contributed by atoms with van der Waals surface area (Å²) >= 11 is 0. The standard InChI is InChI=1S/C18H18N2/c19-12-13-3-1-4-14(9-13)17-10-15-5-2-7-20-8-6-16(11-17)18(15)20/h1,3-4,6,8-11H,2,5,7,12,19H2. The number of benzene rings is 2. The van der Waals surface area contributed by atoms with Crippen molar-refractivity contribution in [1.82, 2.24) is 4.57 Å². The van der Waals surface area contributed by atoms with Crippen LogP contribution in [0.25, 0.3) is 22.0 Å². The van der Waals surface area contributed by atoms with E-state index in [9.17, 15) is 0 Å². The van der Waals surface area contributed by atoms with E-state index < -0.39 is 0 Å². The summed E-state index contributed by atoms with van der Waals surface area (Å²) in [7, 11) is 0. The highest BCUT2D eigenvalue weighted by molar-refractivity contribution is 5.89. The molecule has 2 heteroatoms. The number of aromatic nitrogens is 1. The molecule has 0 aliphatic carbocycles. The Morgan fingerprint density at radius 1 is 1.05 bits per heavy atom. The van der Waals surface area contributed by atoms with Gasteiger partial charge in [-0.15, -0.1) is 0 Å². The molecule has 4 rings (SSSR count). The predicted molar refractivity (Wildman–Crippen MR) is 83.6 cm³/mol. The first-order valence-electron chi connectivity index (χ1n) is 7.26. The first-order valence-corrected chi connectivity index (χ1v) is 7.26. The van der Waals surface area contributed by atoms with Gasteiger partial charge in [-0.05, 0) is 59.4 Å². The molecule has 0 saturated carbocycles. The fourth-order valence-electron chi connectivity index (χ4n) is 3.30. The topological polar surface area (TPSA) is 30.9 Å². The summed E-state index contributed by atoms with van der Waals surface area (Å²) in [4.78, 5) is 0. The summed E-state index contributed by atoms with van der Waals surface area (Å²) in [5, 5.41) is 1.36. The van der Waals surface area contributed by atoms with Crippen molar-refractivity contribution in [1.29, 1.82) is 0 Å². The third-order valence-electron chi connectivity index (χ3n) is 4.28. The Hall–Kier alpha value is -2.06. The number of rotatable bonds is 2. The molecule has 100 valence electrons. The van der Waals surface area contributed by atoms with E-state index in [1.54, 1.807) is 0 Å². The van der Waals surface area contributed by atoms with E-state index in [1.165, 1.54) is 46.0 Å². The molecule has 1 aromatic heterocycles. The number of aryl methyl sites for hydroxylation is 2. The zero-order valence-corrected chi connectivity index (χ0v) is 11.5. The molecule has 0 radical (unpaired) electrons. The Morgan fingerprint density at radius 3 is 2.90 bits per heavy atom.